The summed E-state index contributed by atoms with van der Waals surface area (Å²) < 4.78 is 5.39. The first-order chi connectivity index (χ1) is 8.28. The van der Waals surface area contributed by atoms with E-state index in [0.717, 1.165) is 12.5 Å². The molecule has 2 rings (SSSR count). The number of ether oxygens (including phenoxy) is 1. The Morgan fingerprint density at radius 3 is 2.59 bits per heavy atom. The molecule has 3 heteroatoms. The molecule has 2 unspecified atom stereocenters. The van der Waals surface area contributed by atoms with Crippen LogP contribution in [0.15, 0.2) is 0 Å². The van der Waals surface area contributed by atoms with Gasteiger partial charge in [0.2, 0.25) is 0 Å². The molecule has 3 nitrogen and oxygen atoms in total. The molecule has 0 aromatic rings. The zero-order valence-corrected chi connectivity index (χ0v) is 11.5. The molecule has 0 radical (unpaired) electrons. The molecule has 1 aliphatic carbocycles. The zero-order chi connectivity index (χ0) is 12.1. The molecule has 0 bridgehead atoms. The summed E-state index contributed by atoms with van der Waals surface area (Å²) in [5.41, 5.74) is 0. The third-order valence-corrected chi connectivity index (χ3v) is 4.34. The van der Waals surface area contributed by atoms with Gasteiger partial charge in [0.25, 0.3) is 0 Å². The Kier molecular flexibility index (Phi) is 5.26. The summed E-state index contributed by atoms with van der Waals surface area (Å²) in [5.74, 6) is 0.952. The Labute approximate surface area is 106 Å². The number of methoxy groups -OCH3 is 1. The van der Waals surface area contributed by atoms with Crippen LogP contribution in [0.2, 0.25) is 0 Å². The van der Waals surface area contributed by atoms with Gasteiger partial charge in [-0.25, -0.2) is 0 Å². The van der Waals surface area contributed by atoms with E-state index < -0.39 is 0 Å². The van der Waals surface area contributed by atoms with Crippen LogP contribution in [0.3, 0.4) is 0 Å². The average molecular weight is 240 g/mol. The van der Waals surface area contributed by atoms with Crippen LogP contribution in [0.25, 0.3) is 0 Å². The predicted molar refractivity (Wildman–Crippen MR) is 71.3 cm³/mol. The highest BCUT2D eigenvalue weighted by Gasteiger charge is 2.25. The Bertz CT molecular complexity index is 216. The minimum atomic E-state index is 0.433. The van der Waals surface area contributed by atoms with Crippen molar-refractivity contribution in [3.05, 3.63) is 0 Å². The lowest BCUT2D eigenvalue weighted by atomic mass is 9.89. The molecule has 1 N–H and O–H groups in total. The lowest BCUT2D eigenvalue weighted by molar-refractivity contribution is 0.115. The first-order valence-corrected chi connectivity index (χ1v) is 7.22. The molecule has 100 valence electrons. The Balaban J connectivity index is 1.64. The molecule has 1 saturated heterocycles. The van der Waals surface area contributed by atoms with Crippen LogP contribution in [0.5, 0.6) is 0 Å². The molecule has 17 heavy (non-hydrogen) atoms. The van der Waals surface area contributed by atoms with Crippen molar-refractivity contribution in [2.75, 3.05) is 33.8 Å². The summed E-state index contributed by atoms with van der Waals surface area (Å²) in [5, 5.41) is 3.56. The summed E-state index contributed by atoms with van der Waals surface area (Å²) in [6.45, 7) is 3.49. The van der Waals surface area contributed by atoms with Crippen molar-refractivity contribution in [2.24, 2.45) is 5.92 Å². The van der Waals surface area contributed by atoms with E-state index in [4.69, 9.17) is 4.74 Å². The standard InChI is InChI=1S/C14H28N2O/c1-16(10-12-6-4-3-5-7-12)11-13-8-14(17-2)9-15-13/h12-15H,3-11H2,1-2H3. The lowest BCUT2D eigenvalue weighted by Crippen LogP contribution is -2.37. The van der Waals surface area contributed by atoms with Gasteiger partial charge in [-0.2, -0.15) is 0 Å². The van der Waals surface area contributed by atoms with E-state index in [1.807, 2.05) is 7.11 Å². The van der Waals surface area contributed by atoms with E-state index in [1.165, 1.54) is 51.6 Å². The number of rotatable bonds is 5. The fourth-order valence-electron chi connectivity index (χ4n) is 3.36. The second kappa shape index (κ2) is 6.72. The van der Waals surface area contributed by atoms with Crippen molar-refractivity contribution in [1.29, 1.82) is 0 Å². The fourth-order valence-corrected chi connectivity index (χ4v) is 3.36. The Morgan fingerprint density at radius 2 is 1.94 bits per heavy atom. The van der Waals surface area contributed by atoms with E-state index in [2.05, 4.69) is 17.3 Å². The number of nitrogens with one attached hydrogen (secondary N) is 1. The SMILES string of the molecule is COC1CNC(CN(C)CC2CCCCC2)C1. The second-order valence-electron chi connectivity index (χ2n) is 5.92. The Hall–Kier alpha value is -0.120. The maximum atomic E-state index is 5.39. The molecule has 0 aromatic carbocycles. The van der Waals surface area contributed by atoms with Gasteiger partial charge in [-0.05, 0) is 32.2 Å². The first kappa shape index (κ1) is 13.3. The predicted octanol–water partition coefficient (Wildman–Crippen LogP) is 1.88. The highest BCUT2D eigenvalue weighted by Crippen LogP contribution is 2.24. The summed E-state index contributed by atoms with van der Waals surface area (Å²) >= 11 is 0. The molecule has 1 aliphatic heterocycles. The number of hydrogen-bond donors (Lipinski definition) is 1. The van der Waals surface area contributed by atoms with Crippen molar-refractivity contribution < 1.29 is 4.74 Å². The van der Waals surface area contributed by atoms with Crippen molar-refractivity contribution in [2.45, 2.75) is 50.7 Å². The molecular weight excluding hydrogens is 212 g/mol. The zero-order valence-electron chi connectivity index (χ0n) is 11.5. The molecule has 2 aliphatic rings. The van der Waals surface area contributed by atoms with Crippen LogP contribution in [0, 0.1) is 5.92 Å². The van der Waals surface area contributed by atoms with Gasteiger partial charge >= 0.3 is 0 Å². The van der Waals surface area contributed by atoms with Gasteiger partial charge in [0.15, 0.2) is 0 Å². The smallest absolute Gasteiger partial charge is 0.0711 e. The summed E-state index contributed by atoms with van der Waals surface area (Å²) in [4.78, 5) is 2.52. The molecule has 0 aromatic heterocycles. The largest absolute Gasteiger partial charge is 0.380 e. The van der Waals surface area contributed by atoms with Crippen LogP contribution < -0.4 is 5.32 Å². The van der Waals surface area contributed by atoms with E-state index in [-0.39, 0.29) is 0 Å². The Morgan fingerprint density at radius 1 is 1.18 bits per heavy atom. The quantitative estimate of drug-likeness (QED) is 0.794. The van der Waals surface area contributed by atoms with Crippen LogP contribution in [0.1, 0.15) is 38.5 Å². The van der Waals surface area contributed by atoms with E-state index in [1.54, 1.807) is 0 Å². The topological polar surface area (TPSA) is 24.5 Å². The number of nitrogens with zero attached hydrogens (tertiary/aromatic N) is 1. The number of likely N-dealkylation sites (N-methyl/N-ethyl adjacent to an activating group) is 1. The van der Waals surface area contributed by atoms with Crippen molar-refractivity contribution >= 4 is 0 Å². The third kappa shape index (κ3) is 4.23. The van der Waals surface area contributed by atoms with Gasteiger partial charge < -0.3 is 15.0 Å². The number of hydrogen-bond acceptors (Lipinski definition) is 3. The molecule has 1 heterocycles. The maximum absolute atomic E-state index is 5.39. The van der Waals surface area contributed by atoms with Gasteiger partial charge in [-0.1, -0.05) is 19.3 Å². The van der Waals surface area contributed by atoms with Gasteiger partial charge in [0, 0.05) is 32.8 Å². The van der Waals surface area contributed by atoms with Crippen LogP contribution >= 0.6 is 0 Å². The van der Waals surface area contributed by atoms with Crippen molar-refractivity contribution in [1.82, 2.24) is 10.2 Å². The summed E-state index contributed by atoms with van der Waals surface area (Å²) in [6, 6.07) is 0.633. The summed E-state index contributed by atoms with van der Waals surface area (Å²) in [7, 11) is 4.09. The van der Waals surface area contributed by atoms with E-state index in [0.29, 0.717) is 12.1 Å². The van der Waals surface area contributed by atoms with Crippen LogP contribution in [-0.2, 0) is 4.74 Å². The molecular formula is C14H28N2O. The summed E-state index contributed by atoms with van der Waals surface area (Å²) in [6.07, 6.45) is 8.86. The second-order valence-corrected chi connectivity index (χ2v) is 5.92. The highest BCUT2D eigenvalue weighted by atomic mass is 16.5. The third-order valence-electron chi connectivity index (χ3n) is 4.34. The maximum Gasteiger partial charge on any atom is 0.0711 e. The van der Waals surface area contributed by atoms with Crippen molar-refractivity contribution in [3.8, 4) is 0 Å². The lowest BCUT2D eigenvalue weighted by Gasteiger charge is -2.28. The van der Waals surface area contributed by atoms with E-state index in [9.17, 15) is 0 Å². The van der Waals surface area contributed by atoms with Crippen LogP contribution in [0.4, 0.5) is 0 Å². The van der Waals surface area contributed by atoms with Gasteiger partial charge in [-0.15, -0.1) is 0 Å². The normalized spacial score (nSPS) is 31.2. The molecule has 0 amide bonds. The van der Waals surface area contributed by atoms with Gasteiger partial charge in [0.05, 0.1) is 6.10 Å². The molecule has 0 spiro atoms. The molecule has 2 fully saturated rings. The minimum Gasteiger partial charge on any atom is -0.380 e. The molecule has 1 saturated carbocycles. The average Bonchev–Trinajstić information content (AvgIpc) is 2.78. The minimum absolute atomic E-state index is 0.433. The van der Waals surface area contributed by atoms with Crippen LogP contribution in [-0.4, -0.2) is 50.8 Å². The van der Waals surface area contributed by atoms with Crippen molar-refractivity contribution in [3.63, 3.8) is 0 Å². The fraction of sp³-hybridized carbons (Fsp3) is 1.00. The first-order valence-electron chi connectivity index (χ1n) is 7.22. The monoisotopic (exact) mass is 240 g/mol. The molecule has 2 atom stereocenters. The van der Waals surface area contributed by atoms with Gasteiger partial charge in [0.1, 0.15) is 0 Å². The van der Waals surface area contributed by atoms with E-state index >= 15 is 0 Å². The van der Waals surface area contributed by atoms with Gasteiger partial charge in [-0.3, -0.25) is 0 Å². The highest BCUT2D eigenvalue weighted by molar-refractivity contribution is 4.84.